The Balaban J connectivity index is 1.55. The first-order valence-corrected chi connectivity index (χ1v) is 10.1. The summed E-state index contributed by atoms with van der Waals surface area (Å²) in [4.78, 5) is 14.7. The largest absolute Gasteiger partial charge is 0.490 e. The molecule has 0 saturated carbocycles. The Morgan fingerprint density at radius 2 is 2.14 bits per heavy atom. The monoisotopic (exact) mass is 407 g/mol. The number of aromatic nitrogens is 2. The van der Waals surface area contributed by atoms with Crippen molar-refractivity contribution < 1.29 is 13.9 Å². The minimum atomic E-state index is -0.358. The first-order chi connectivity index (χ1) is 13.4. The van der Waals surface area contributed by atoms with Crippen molar-refractivity contribution in [3.8, 4) is 5.75 Å². The Morgan fingerprint density at radius 3 is 2.82 bits per heavy atom. The van der Waals surface area contributed by atoms with Crippen molar-refractivity contribution >= 4 is 17.5 Å². The van der Waals surface area contributed by atoms with Crippen LogP contribution in [0.15, 0.2) is 24.3 Å². The van der Waals surface area contributed by atoms with Crippen LogP contribution in [0.1, 0.15) is 43.6 Å². The van der Waals surface area contributed by atoms with E-state index in [-0.39, 0.29) is 29.4 Å². The van der Waals surface area contributed by atoms with Gasteiger partial charge in [0.2, 0.25) is 5.91 Å². The van der Waals surface area contributed by atoms with E-state index in [0.29, 0.717) is 24.6 Å². The van der Waals surface area contributed by atoms with Crippen molar-refractivity contribution in [2.24, 2.45) is 5.92 Å². The van der Waals surface area contributed by atoms with Gasteiger partial charge in [-0.3, -0.25) is 9.48 Å². The lowest BCUT2D eigenvalue weighted by Crippen LogP contribution is -2.42. The molecule has 28 heavy (non-hydrogen) atoms. The SMILES string of the molecule is Cc1nn(C(C)CC(=O)N2CCCC(COc3ccccc3F)C2)c(C)c1Cl. The average Bonchev–Trinajstić information content (AvgIpc) is 2.95. The van der Waals surface area contributed by atoms with E-state index >= 15 is 0 Å². The number of likely N-dealkylation sites (tertiary alicyclic amines) is 1. The third-order valence-electron chi connectivity index (χ3n) is 5.31. The minimum Gasteiger partial charge on any atom is -0.490 e. The number of carbonyl (C=O) groups is 1. The normalized spacial score (nSPS) is 18.2. The molecule has 0 radical (unpaired) electrons. The number of hydrogen-bond acceptors (Lipinski definition) is 3. The summed E-state index contributed by atoms with van der Waals surface area (Å²) in [6.07, 6.45) is 2.27. The number of amides is 1. The Hall–Kier alpha value is -2.08. The van der Waals surface area contributed by atoms with E-state index in [1.165, 1.54) is 6.07 Å². The van der Waals surface area contributed by atoms with E-state index in [4.69, 9.17) is 16.3 Å². The Bertz CT molecular complexity index is 839. The molecule has 0 spiro atoms. The van der Waals surface area contributed by atoms with Gasteiger partial charge in [0, 0.05) is 25.4 Å². The molecule has 3 rings (SSSR count). The van der Waals surface area contributed by atoms with E-state index in [1.54, 1.807) is 18.2 Å². The van der Waals surface area contributed by atoms with Crippen LogP contribution in [0.4, 0.5) is 4.39 Å². The third kappa shape index (κ3) is 4.66. The summed E-state index contributed by atoms with van der Waals surface area (Å²) in [6, 6.07) is 6.34. The molecule has 2 unspecified atom stereocenters. The zero-order chi connectivity index (χ0) is 20.3. The molecule has 1 aliphatic rings. The molecule has 2 aromatic rings. The van der Waals surface area contributed by atoms with Crippen LogP contribution < -0.4 is 4.74 Å². The van der Waals surface area contributed by atoms with Gasteiger partial charge in [-0.05, 0) is 45.7 Å². The molecule has 1 aromatic heterocycles. The standard InChI is InChI=1S/C21H27ClFN3O2/c1-14(26-16(3)21(22)15(2)24-26)11-20(27)25-10-6-7-17(12-25)13-28-19-9-5-4-8-18(19)23/h4-5,8-9,14,17H,6-7,10-13H2,1-3H3. The fourth-order valence-electron chi connectivity index (χ4n) is 3.74. The molecule has 1 fully saturated rings. The maximum atomic E-state index is 13.7. The van der Waals surface area contributed by atoms with Gasteiger partial charge in [0.15, 0.2) is 11.6 Å². The molecule has 1 aliphatic heterocycles. The molecule has 2 heterocycles. The Labute approximate surface area is 170 Å². The maximum absolute atomic E-state index is 13.7. The van der Waals surface area contributed by atoms with E-state index < -0.39 is 0 Å². The number of hydrogen-bond donors (Lipinski definition) is 0. The molecule has 1 amide bonds. The number of piperidine rings is 1. The summed E-state index contributed by atoms with van der Waals surface area (Å²) in [5.41, 5.74) is 1.66. The molecule has 1 aromatic carbocycles. The molecular formula is C21H27ClFN3O2. The lowest BCUT2D eigenvalue weighted by Gasteiger charge is -2.33. The van der Waals surface area contributed by atoms with Gasteiger partial charge < -0.3 is 9.64 Å². The van der Waals surface area contributed by atoms with Gasteiger partial charge in [-0.1, -0.05) is 23.7 Å². The molecule has 0 aliphatic carbocycles. The average molecular weight is 408 g/mol. The van der Waals surface area contributed by atoms with Crippen molar-refractivity contribution in [3.63, 3.8) is 0 Å². The molecular weight excluding hydrogens is 381 g/mol. The number of nitrogens with zero attached hydrogens (tertiary/aromatic N) is 3. The van der Waals surface area contributed by atoms with Crippen molar-refractivity contribution in [2.45, 2.75) is 46.1 Å². The summed E-state index contributed by atoms with van der Waals surface area (Å²) < 4.78 is 21.2. The van der Waals surface area contributed by atoms with E-state index in [0.717, 1.165) is 30.8 Å². The highest BCUT2D eigenvalue weighted by Crippen LogP contribution is 2.25. The van der Waals surface area contributed by atoms with Crippen LogP contribution in [0.5, 0.6) is 5.75 Å². The highest BCUT2D eigenvalue weighted by Gasteiger charge is 2.26. The minimum absolute atomic E-state index is 0.0614. The van der Waals surface area contributed by atoms with Gasteiger partial charge in [0.05, 0.1) is 29.1 Å². The molecule has 2 atom stereocenters. The molecule has 0 bridgehead atoms. The van der Waals surface area contributed by atoms with Gasteiger partial charge in [0.25, 0.3) is 0 Å². The molecule has 5 nitrogen and oxygen atoms in total. The molecule has 0 N–H and O–H groups in total. The molecule has 7 heteroatoms. The Morgan fingerprint density at radius 1 is 1.39 bits per heavy atom. The van der Waals surface area contributed by atoms with E-state index in [1.807, 2.05) is 30.4 Å². The first kappa shape index (κ1) is 20.6. The predicted molar refractivity (Wildman–Crippen MR) is 107 cm³/mol. The van der Waals surface area contributed by atoms with Crippen molar-refractivity contribution in [1.82, 2.24) is 14.7 Å². The summed E-state index contributed by atoms with van der Waals surface area (Å²) in [5, 5.41) is 5.11. The third-order valence-corrected chi connectivity index (χ3v) is 5.85. The van der Waals surface area contributed by atoms with Crippen molar-refractivity contribution in [3.05, 3.63) is 46.5 Å². The number of ether oxygens (including phenoxy) is 1. The predicted octanol–water partition coefficient (Wildman–Crippen LogP) is 4.56. The van der Waals surface area contributed by atoms with E-state index in [9.17, 15) is 9.18 Å². The van der Waals surface area contributed by atoms with Gasteiger partial charge >= 0.3 is 0 Å². The lowest BCUT2D eigenvalue weighted by molar-refractivity contribution is -0.134. The van der Waals surface area contributed by atoms with Crippen molar-refractivity contribution in [1.29, 1.82) is 0 Å². The van der Waals surface area contributed by atoms with E-state index in [2.05, 4.69) is 5.10 Å². The fourth-order valence-corrected chi connectivity index (χ4v) is 3.86. The van der Waals surface area contributed by atoms with Crippen LogP contribution in [0.2, 0.25) is 5.02 Å². The number of halogens is 2. The van der Waals surface area contributed by atoms with Gasteiger partial charge in [-0.2, -0.15) is 5.10 Å². The first-order valence-electron chi connectivity index (χ1n) is 9.73. The molecule has 152 valence electrons. The number of rotatable bonds is 6. The highest BCUT2D eigenvalue weighted by atomic mass is 35.5. The number of aryl methyl sites for hydroxylation is 1. The second kappa shape index (κ2) is 8.95. The van der Waals surface area contributed by atoms with Crippen molar-refractivity contribution in [2.75, 3.05) is 19.7 Å². The zero-order valence-corrected chi connectivity index (χ0v) is 17.4. The van der Waals surface area contributed by atoms with Crippen LogP contribution in [0.25, 0.3) is 0 Å². The highest BCUT2D eigenvalue weighted by molar-refractivity contribution is 6.31. The number of para-hydroxylation sites is 1. The number of carbonyl (C=O) groups excluding carboxylic acids is 1. The maximum Gasteiger partial charge on any atom is 0.224 e. The zero-order valence-electron chi connectivity index (χ0n) is 16.6. The summed E-state index contributed by atoms with van der Waals surface area (Å²) >= 11 is 6.22. The summed E-state index contributed by atoms with van der Waals surface area (Å²) in [5.74, 6) is 0.215. The summed E-state index contributed by atoms with van der Waals surface area (Å²) in [6.45, 7) is 7.56. The quantitative estimate of drug-likeness (QED) is 0.705. The van der Waals surface area contributed by atoms with Crippen LogP contribution in [0.3, 0.4) is 0 Å². The Kier molecular flexibility index (Phi) is 6.60. The molecule has 1 saturated heterocycles. The second-order valence-electron chi connectivity index (χ2n) is 7.57. The lowest BCUT2D eigenvalue weighted by atomic mass is 9.98. The topological polar surface area (TPSA) is 47.4 Å². The van der Waals surface area contributed by atoms with Crippen LogP contribution in [0, 0.1) is 25.6 Å². The second-order valence-corrected chi connectivity index (χ2v) is 7.95. The summed E-state index contributed by atoms with van der Waals surface area (Å²) in [7, 11) is 0. The van der Waals surface area contributed by atoms with Gasteiger partial charge in [-0.25, -0.2) is 4.39 Å². The van der Waals surface area contributed by atoms with Crippen LogP contribution in [-0.4, -0.2) is 40.3 Å². The smallest absolute Gasteiger partial charge is 0.224 e. The van der Waals surface area contributed by atoms with Gasteiger partial charge in [0.1, 0.15) is 0 Å². The fraction of sp³-hybridized carbons (Fsp3) is 0.524. The number of benzene rings is 1. The van der Waals surface area contributed by atoms with Gasteiger partial charge in [-0.15, -0.1) is 0 Å². The van der Waals surface area contributed by atoms with Crippen LogP contribution in [-0.2, 0) is 4.79 Å². The van der Waals surface area contributed by atoms with Crippen LogP contribution >= 0.6 is 11.6 Å².